The maximum Gasteiger partial charge on any atom is 0.269 e. The lowest BCUT2D eigenvalue weighted by Gasteiger charge is -2.21. The maximum atomic E-state index is 9.71. The lowest BCUT2D eigenvalue weighted by molar-refractivity contribution is -0.587. The third-order valence-corrected chi connectivity index (χ3v) is 11.9. The number of fused-ring (bicyclic) bond motifs is 15. The summed E-state index contributed by atoms with van der Waals surface area (Å²) in [5, 5.41) is 4.24. The van der Waals surface area contributed by atoms with Crippen LogP contribution in [-0.4, -0.2) is 14.1 Å². The summed E-state index contributed by atoms with van der Waals surface area (Å²) in [5.41, 5.74) is 12.7. The zero-order valence-electron chi connectivity index (χ0n) is 34.3. The molecule has 60 heavy (non-hydrogen) atoms. The van der Waals surface area contributed by atoms with Crippen molar-refractivity contribution in [3.63, 3.8) is 0 Å². The number of nitrogens with zero attached hydrogens (tertiary/aromatic N) is 4. The maximum absolute atomic E-state index is 9.71. The molecule has 6 nitrogen and oxygen atoms in total. The molecule has 0 saturated carbocycles. The average molecular weight is 776 g/mol. The Hall–Kier alpha value is -7.70. The van der Waals surface area contributed by atoms with Gasteiger partial charge in [0, 0.05) is 34.6 Å². The van der Waals surface area contributed by atoms with E-state index in [-0.39, 0.29) is 5.41 Å². The zero-order chi connectivity index (χ0) is 41.0. The summed E-state index contributed by atoms with van der Waals surface area (Å²) in [6.07, 6.45) is 5.80. The van der Waals surface area contributed by atoms with Crippen LogP contribution in [0.4, 0.5) is 0 Å². The second kappa shape index (κ2) is 12.9. The van der Waals surface area contributed by atoms with Crippen molar-refractivity contribution >= 4 is 43.7 Å². The van der Waals surface area contributed by atoms with Crippen LogP contribution < -0.4 is 9.30 Å². The summed E-state index contributed by atoms with van der Waals surface area (Å²) in [4.78, 5) is 4.93. The number of benzene rings is 7. The van der Waals surface area contributed by atoms with Crippen LogP contribution in [0.5, 0.6) is 11.5 Å². The van der Waals surface area contributed by atoms with Crippen molar-refractivity contribution in [2.45, 2.75) is 26.2 Å². The molecule has 5 heterocycles. The zero-order valence-corrected chi connectivity index (χ0v) is 33.3. The van der Waals surface area contributed by atoms with E-state index in [0.29, 0.717) is 17.7 Å². The van der Waals surface area contributed by atoms with Gasteiger partial charge in [0.15, 0.2) is 0 Å². The third kappa shape index (κ3) is 5.27. The quantitative estimate of drug-likeness (QED) is 0.132. The van der Waals surface area contributed by atoms with Crippen LogP contribution in [0.2, 0.25) is 0 Å². The Morgan fingerprint density at radius 1 is 0.633 bits per heavy atom. The Morgan fingerprint density at radius 3 is 2.17 bits per heavy atom. The van der Waals surface area contributed by atoms with Crippen molar-refractivity contribution in [2.24, 2.45) is 0 Å². The second-order valence-electron chi connectivity index (χ2n) is 16.5. The highest BCUT2D eigenvalue weighted by molar-refractivity contribution is 6.24. The highest BCUT2D eigenvalue weighted by Gasteiger charge is 2.24. The Labute approximate surface area is 348 Å². The Balaban J connectivity index is 1.00. The molecule has 0 spiro atoms. The van der Waals surface area contributed by atoms with Gasteiger partial charge < -0.3 is 9.15 Å². The summed E-state index contributed by atoms with van der Waals surface area (Å²) in [7, 11) is 0. The first-order valence-electron chi connectivity index (χ1n) is 20.8. The predicted octanol–water partition coefficient (Wildman–Crippen LogP) is 13.3. The number of hydrogen-bond donors (Lipinski definition) is 0. The predicted molar refractivity (Wildman–Crippen MR) is 241 cm³/mol. The normalized spacial score (nSPS) is 12.5. The van der Waals surface area contributed by atoms with Crippen LogP contribution in [0.25, 0.3) is 94.4 Å². The molecule has 0 saturated heterocycles. The lowest BCUT2D eigenvalue weighted by Crippen LogP contribution is -2.33. The summed E-state index contributed by atoms with van der Waals surface area (Å²) in [6.45, 7) is 6.66. The molecule has 7 aromatic carbocycles. The van der Waals surface area contributed by atoms with E-state index in [1.165, 1.54) is 5.56 Å². The number of hydrogen-bond acceptors (Lipinski definition) is 3. The first kappa shape index (κ1) is 33.3. The molecule has 1 aliphatic heterocycles. The lowest BCUT2D eigenvalue weighted by atomic mass is 9.88. The van der Waals surface area contributed by atoms with Crippen LogP contribution in [-0.2, 0) is 5.41 Å². The number of para-hydroxylation sites is 2. The van der Waals surface area contributed by atoms with Gasteiger partial charge in [0.1, 0.15) is 28.5 Å². The number of furan rings is 1. The van der Waals surface area contributed by atoms with Gasteiger partial charge in [-0.2, -0.15) is 0 Å². The molecule has 0 aliphatic carbocycles. The highest BCUT2D eigenvalue weighted by Crippen LogP contribution is 2.43. The fourth-order valence-electron chi connectivity index (χ4n) is 8.98. The van der Waals surface area contributed by atoms with Gasteiger partial charge in [0.2, 0.25) is 0 Å². The molecule has 0 atom stereocenters. The molecule has 1 aliphatic rings. The molecule has 0 amide bonds. The van der Waals surface area contributed by atoms with Gasteiger partial charge in [0.25, 0.3) is 6.33 Å². The van der Waals surface area contributed by atoms with Crippen molar-refractivity contribution in [1.29, 1.82) is 0 Å². The van der Waals surface area contributed by atoms with E-state index >= 15 is 0 Å². The van der Waals surface area contributed by atoms with Crippen molar-refractivity contribution in [1.82, 2.24) is 14.1 Å². The van der Waals surface area contributed by atoms with Crippen molar-refractivity contribution in [3.05, 3.63) is 188 Å². The number of rotatable bonds is 4. The van der Waals surface area contributed by atoms with Gasteiger partial charge in [-0.1, -0.05) is 112 Å². The van der Waals surface area contributed by atoms with E-state index in [2.05, 4.69) is 141 Å². The standard InChI is InChI=1S/C54H38N4O2/c1-54(2,3)34-27-28-55-51(29-34)58-47-26-25-44-43-20-9-11-22-50(43)60-53(44)52(47)45-24-23-37(31-48(45)58)59-36-14-12-13-35(30-36)56-32-49-42-19-7-6-17-40(42)38-15-4-5-16-39(38)41-18-8-10-21-46(41)57(49)33-56/h4-32H,1-3H3/i32D. The number of aromatic nitrogens is 4. The molecular formula is C54H38N4O2. The number of imidazole rings is 1. The summed E-state index contributed by atoms with van der Waals surface area (Å²) in [6, 6.07) is 56.1. The molecule has 4 aromatic heterocycles. The van der Waals surface area contributed by atoms with Gasteiger partial charge >= 0.3 is 0 Å². The summed E-state index contributed by atoms with van der Waals surface area (Å²) >= 11 is 0. The highest BCUT2D eigenvalue weighted by atomic mass is 16.5. The van der Waals surface area contributed by atoms with E-state index in [4.69, 9.17) is 14.1 Å². The van der Waals surface area contributed by atoms with E-state index in [9.17, 15) is 1.37 Å². The molecule has 286 valence electrons. The molecule has 0 N–H and O–H groups in total. The Morgan fingerprint density at radius 2 is 1.33 bits per heavy atom. The second-order valence-corrected chi connectivity index (χ2v) is 16.5. The van der Waals surface area contributed by atoms with Crippen LogP contribution in [0.1, 0.15) is 27.7 Å². The van der Waals surface area contributed by atoms with Crippen molar-refractivity contribution in [3.8, 4) is 62.2 Å². The van der Waals surface area contributed by atoms with Crippen LogP contribution >= 0.6 is 0 Å². The van der Waals surface area contributed by atoms with Crippen molar-refractivity contribution in [2.75, 3.05) is 0 Å². The monoisotopic (exact) mass is 775 g/mol. The van der Waals surface area contributed by atoms with Crippen molar-refractivity contribution < 1.29 is 15.1 Å². The fourth-order valence-corrected chi connectivity index (χ4v) is 8.98. The molecule has 0 radical (unpaired) electrons. The molecule has 0 bridgehead atoms. The minimum Gasteiger partial charge on any atom is -0.458 e. The summed E-state index contributed by atoms with van der Waals surface area (Å²) < 4.78 is 29.1. The minimum atomic E-state index is -0.0637. The molecule has 11 aromatic rings. The number of ether oxygens (including phenoxy) is 1. The third-order valence-electron chi connectivity index (χ3n) is 11.9. The number of pyridine rings is 1. The minimum absolute atomic E-state index is 0.0637. The molecule has 0 fully saturated rings. The van der Waals surface area contributed by atoms with Crippen LogP contribution in [0, 0.1) is 6.33 Å². The van der Waals surface area contributed by atoms with Gasteiger partial charge in [0.05, 0.1) is 34.9 Å². The van der Waals surface area contributed by atoms with E-state index in [1.807, 2.05) is 69.9 Å². The first-order chi connectivity index (χ1) is 29.8. The SMILES string of the molecule is [2H]c1c2[n+]([c-]n1-c1cccc(Oc3ccc4c5c6oc7ccccc7c6ccc5n(-c5cc(C(C)(C)C)ccn5)c4c3)c1)-c1ccccc1-c1ccccc1-c1ccccc1-2. The van der Waals surface area contributed by atoms with Gasteiger partial charge in [-0.05, 0) is 106 Å². The Kier molecular flexibility index (Phi) is 7.16. The molecule has 12 rings (SSSR count). The molecule has 0 unspecified atom stereocenters. The summed E-state index contributed by atoms with van der Waals surface area (Å²) in [5.74, 6) is 2.14. The van der Waals surface area contributed by atoms with E-state index < -0.39 is 0 Å². The van der Waals surface area contributed by atoms with E-state index in [1.54, 1.807) is 0 Å². The molecular weight excluding hydrogens is 737 g/mol. The first-order valence-corrected chi connectivity index (χ1v) is 20.3. The smallest absolute Gasteiger partial charge is 0.269 e. The largest absolute Gasteiger partial charge is 0.458 e. The van der Waals surface area contributed by atoms with E-state index in [0.717, 1.165) is 94.4 Å². The van der Waals surface area contributed by atoms with Gasteiger partial charge in [-0.15, -0.1) is 0 Å². The van der Waals surface area contributed by atoms with Crippen LogP contribution in [0.3, 0.4) is 0 Å². The topological polar surface area (TPSA) is 49.0 Å². The van der Waals surface area contributed by atoms with Gasteiger partial charge in [-0.25, -0.2) is 4.98 Å². The Bertz CT molecular complexity index is 3580. The average Bonchev–Trinajstić information content (AvgIpc) is 3.94. The van der Waals surface area contributed by atoms with Crippen LogP contribution in [0.15, 0.2) is 181 Å². The fraction of sp³-hybridized carbons (Fsp3) is 0.0741. The molecule has 6 heteroatoms. The van der Waals surface area contributed by atoms with Gasteiger partial charge in [-0.3, -0.25) is 13.7 Å².